The largest absolute Gasteiger partial charge is 0.372 e. The molecule has 1 aliphatic rings. The zero-order valence-electron chi connectivity index (χ0n) is 15.4. The third-order valence-corrected chi connectivity index (χ3v) is 4.45. The molecule has 0 bridgehead atoms. The van der Waals surface area contributed by atoms with Crippen LogP contribution >= 0.6 is 0 Å². The standard InChI is InChI=1S/C19H25N3O3/c1-12-8-17(16(5)22(12)18-9-13(2)25-20-18)6-7-19(23)21-10-14(3)24-15(4)11-21/h6-9,14-15H,10-11H2,1-5H3/b7-6+/t14-,15-/m1/s1. The monoisotopic (exact) mass is 343 g/mol. The number of amides is 1. The second-order valence-electron chi connectivity index (χ2n) is 6.79. The summed E-state index contributed by atoms with van der Waals surface area (Å²) in [5.41, 5.74) is 3.07. The lowest BCUT2D eigenvalue weighted by Crippen LogP contribution is -2.47. The molecule has 3 heterocycles. The van der Waals surface area contributed by atoms with Crippen LogP contribution in [-0.4, -0.2) is 45.8 Å². The van der Waals surface area contributed by atoms with E-state index in [2.05, 4.69) is 5.16 Å². The van der Waals surface area contributed by atoms with E-state index in [0.717, 1.165) is 28.5 Å². The number of hydrogen-bond donors (Lipinski definition) is 0. The molecule has 25 heavy (non-hydrogen) atoms. The Balaban J connectivity index is 1.79. The lowest BCUT2D eigenvalue weighted by Gasteiger charge is -2.34. The fourth-order valence-electron chi connectivity index (χ4n) is 3.39. The van der Waals surface area contributed by atoms with E-state index in [4.69, 9.17) is 9.26 Å². The quantitative estimate of drug-likeness (QED) is 0.804. The number of morpholine rings is 1. The molecule has 1 amide bonds. The van der Waals surface area contributed by atoms with E-state index < -0.39 is 0 Å². The Morgan fingerprint density at radius 2 is 1.88 bits per heavy atom. The van der Waals surface area contributed by atoms with Crippen molar-refractivity contribution in [3.63, 3.8) is 0 Å². The molecule has 0 unspecified atom stereocenters. The molecule has 6 heteroatoms. The van der Waals surface area contributed by atoms with Crippen LogP contribution in [0.4, 0.5) is 0 Å². The molecular formula is C19H25N3O3. The number of ether oxygens (including phenoxy) is 1. The van der Waals surface area contributed by atoms with Gasteiger partial charge < -0.3 is 14.2 Å². The van der Waals surface area contributed by atoms with E-state index in [-0.39, 0.29) is 18.1 Å². The first-order valence-electron chi connectivity index (χ1n) is 8.60. The van der Waals surface area contributed by atoms with Crippen LogP contribution in [0.25, 0.3) is 11.9 Å². The van der Waals surface area contributed by atoms with E-state index in [1.807, 2.05) is 62.3 Å². The lowest BCUT2D eigenvalue weighted by atomic mass is 10.2. The molecule has 0 aliphatic carbocycles. The maximum Gasteiger partial charge on any atom is 0.246 e. The summed E-state index contributed by atoms with van der Waals surface area (Å²) >= 11 is 0. The van der Waals surface area contributed by atoms with Crippen LogP contribution in [0, 0.1) is 20.8 Å². The predicted molar refractivity (Wildman–Crippen MR) is 95.7 cm³/mol. The van der Waals surface area contributed by atoms with Crippen LogP contribution in [0.2, 0.25) is 0 Å². The Hall–Kier alpha value is -2.34. The van der Waals surface area contributed by atoms with Crippen LogP contribution in [0.15, 0.2) is 22.7 Å². The van der Waals surface area contributed by atoms with Crippen LogP contribution in [0.5, 0.6) is 0 Å². The van der Waals surface area contributed by atoms with Crippen LogP contribution in [-0.2, 0) is 9.53 Å². The molecular weight excluding hydrogens is 318 g/mol. The minimum absolute atomic E-state index is 0.0177. The number of carbonyl (C=O) groups excluding carboxylic acids is 1. The van der Waals surface area contributed by atoms with Gasteiger partial charge in [0.15, 0.2) is 5.82 Å². The molecule has 3 rings (SSSR count). The number of aryl methyl sites for hydroxylation is 2. The second kappa shape index (κ2) is 6.88. The molecule has 134 valence electrons. The highest BCUT2D eigenvalue weighted by molar-refractivity contribution is 5.92. The van der Waals surface area contributed by atoms with Gasteiger partial charge in [0.2, 0.25) is 5.91 Å². The molecule has 2 atom stereocenters. The van der Waals surface area contributed by atoms with Crippen molar-refractivity contribution in [2.24, 2.45) is 0 Å². The van der Waals surface area contributed by atoms with Crippen molar-refractivity contribution < 1.29 is 14.1 Å². The summed E-state index contributed by atoms with van der Waals surface area (Å²) < 4.78 is 12.9. The van der Waals surface area contributed by atoms with Crippen LogP contribution in [0.3, 0.4) is 0 Å². The molecule has 0 saturated carbocycles. The molecule has 1 fully saturated rings. The molecule has 0 spiro atoms. The SMILES string of the molecule is Cc1cc(-n2c(C)cc(/C=C/C(=O)N3C[C@@H](C)O[C@H](C)C3)c2C)no1. The first-order valence-corrected chi connectivity index (χ1v) is 8.60. The summed E-state index contributed by atoms with van der Waals surface area (Å²) in [6.45, 7) is 11.1. The van der Waals surface area contributed by atoms with Crippen molar-refractivity contribution in [2.45, 2.75) is 46.8 Å². The minimum Gasteiger partial charge on any atom is -0.372 e. The molecule has 0 radical (unpaired) electrons. The lowest BCUT2D eigenvalue weighted by molar-refractivity contribution is -0.137. The molecule has 6 nitrogen and oxygen atoms in total. The fourth-order valence-corrected chi connectivity index (χ4v) is 3.39. The Bertz CT molecular complexity index is 793. The Labute approximate surface area is 148 Å². The van der Waals surface area contributed by atoms with Gasteiger partial charge in [-0.15, -0.1) is 0 Å². The zero-order valence-corrected chi connectivity index (χ0v) is 15.4. The highest BCUT2D eigenvalue weighted by Crippen LogP contribution is 2.22. The van der Waals surface area contributed by atoms with E-state index in [1.165, 1.54) is 0 Å². The summed E-state index contributed by atoms with van der Waals surface area (Å²) in [5, 5.41) is 4.08. The smallest absolute Gasteiger partial charge is 0.246 e. The molecule has 2 aromatic rings. The van der Waals surface area contributed by atoms with Crippen molar-refractivity contribution >= 4 is 12.0 Å². The van der Waals surface area contributed by atoms with Gasteiger partial charge in [0.25, 0.3) is 0 Å². The van der Waals surface area contributed by atoms with Gasteiger partial charge in [-0.25, -0.2) is 0 Å². The number of rotatable bonds is 3. The van der Waals surface area contributed by atoms with E-state index in [1.54, 1.807) is 6.08 Å². The number of hydrogen-bond acceptors (Lipinski definition) is 4. The van der Waals surface area contributed by atoms with Gasteiger partial charge in [-0.3, -0.25) is 9.36 Å². The molecule has 1 saturated heterocycles. The summed E-state index contributed by atoms with van der Waals surface area (Å²) in [7, 11) is 0. The average Bonchev–Trinajstić information content (AvgIpc) is 3.07. The molecule has 2 aromatic heterocycles. The van der Waals surface area contributed by atoms with E-state index >= 15 is 0 Å². The van der Waals surface area contributed by atoms with Gasteiger partial charge in [-0.05, 0) is 52.3 Å². The summed E-state index contributed by atoms with van der Waals surface area (Å²) in [6, 6.07) is 3.95. The normalized spacial score (nSPS) is 21.2. The van der Waals surface area contributed by atoms with Crippen molar-refractivity contribution in [3.05, 3.63) is 40.9 Å². The van der Waals surface area contributed by atoms with E-state index in [9.17, 15) is 4.79 Å². The molecule has 0 N–H and O–H groups in total. The average molecular weight is 343 g/mol. The van der Waals surface area contributed by atoms with Crippen molar-refractivity contribution in [1.29, 1.82) is 0 Å². The highest BCUT2D eigenvalue weighted by Gasteiger charge is 2.24. The Morgan fingerprint density at radius 3 is 2.48 bits per heavy atom. The van der Waals surface area contributed by atoms with Crippen LogP contribution < -0.4 is 0 Å². The number of carbonyl (C=O) groups is 1. The van der Waals surface area contributed by atoms with Gasteiger partial charge >= 0.3 is 0 Å². The van der Waals surface area contributed by atoms with Crippen molar-refractivity contribution in [3.8, 4) is 5.82 Å². The topological polar surface area (TPSA) is 60.5 Å². The van der Waals surface area contributed by atoms with E-state index in [0.29, 0.717) is 13.1 Å². The van der Waals surface area contributed by atoms with Gasteiger partial charge in [0, 0.05) is 36.6 Å². The first kappa shape index (κ1) is 17.5. The predicted octanol–water partition coefficient (Wildman–Crippen LogP) is 3.04. The van der Waals surface area contributed by atoms with Gasteiger partial charge in [-0.2, -0.15) is 0 Å². The maximum absolute atomic E-state index is 12.5. The van der Waals surface area contributed by atoms with Gasteiger partial charge in [0.1, 0.15) is 5.76 Å². The highest BCUT2D eigenvalue weighted by atomic mass is 16.5. The molecule has 1 aliphatic heterocycles. The third kappa shape index (κ3) is 3.69. The summed E-state index contributed by atoms with van der Waals surface area (Å²) in [6.07, 6.45) is 3.66. The number of nitrogens with zero attached hydrogens (tertiary/aromatic N) is 3. The fraction of sp³-hybridized carbons (Fsp3) is 0.474. The minimum atomic E-state index is 0.0177. The number of aromatic nitrogens is 2. The van der Waals surface area contributed by atoms with Gasteiger partial charge in [0.05, 0.1) is 12.2 Å². The molecule has 0 aromatic carbocycles. The second-order valence-corrected chi connectivity index (χ2v) is 6.79. The summed E-state index contributed by atoms with van der Waals surface area (Å²) in [5.74, 6) is 1.55. The maximum atomic E-state index is 12.5. The first-order chi connectivity index (χ1) is 11.8. The third-order valence-electron chi connectivity index (χ3n) is 4.45. The van der Waals surface area contributed by atoms with Crippen molar-refractivity contribution in [2.75, 3.05) is 13.1 Å². The van der Waals surface area contributed by atoms with Crippen LogP contribution in [0.1, 0.15) is 36.6 Å². The Morgan fingerprint density at radius 1 is 1.20 bits per heavy atom. The van der Waals surface area contributed by atoms with Gasteiger partial charge in [-0.1, -0.05) is 5.16 Å². The van der Waals surface area contributed by atoms with Crippen molar-refractivity contribution in [1.82, 2.24) is 14.6 Å². The summed E-state index contributed by atoms with van der Waals surface area (Å²) in [4.78, 5) is 14.3. The zero-order chi connectivity index (χ0) is 18.1. The Kier molecular flexibility index (Phi) is 4.81.